The van der Waals surface area contributed by atoms with Crippen LogP contribution in [-0.2, 0) is 28.6 Å². The summed E-state index contributed by atoms with van der Waals surface area (Å²) in [5, 5.41) is 0. The minimum atomic E-state index is -0.794. The number of hydrogen-bond donors (Lipinski definition) is 0. The first-order valence-electron chi connectivity index (χ1n) is 31.1. The van der Waals surface area contributed by atoms with Gasteiger partial charge in [-0.25, -0.2) is 0 Å². The first-order chi connectivity index (χ1) is 35.0. The van der Waals surface area contributed by atoms with E-state index in [4.69, 9.17) is 14.2 Å². The average Bonchev–Trinajstić information content (AvgIpc) is 3.37. The molecular weight excluding hydrogens is 877 g/mol. The molecule has 0 aromatic carbocycles. The van der Waals surface area contributed by atoms with Crippen LogP contribution in [0.1, 0.15) is 329 Å². The van der Waals surface area contributed by atoms with Crippen molar-refractivity contribution in [3.8, 4) is 0 Å². The molecule has 0 rings (SSSR count). The van der Waals surface area contributed by atoms with Crippen LogP contribution < -0.4 is 0 Å². The second-order valence-corrected chi connectivity index (χ2v) is 21.0. The summed E-state index contributed by atoms with van der Waals surface area (Å²) in [6.45, 7) is 6.62. The number of carbonyl (C=O) groups excluding carboxylic acids is 3. The van der Waals surface area contributed by atoms with Crippen LogP contribution in [0.4, 0.5) is 0 Å². The molecule has 0 amide bonds. The van der Waals surface area contributed by atoms with Gasteiger partial charge in [0.05, 0.1) is 0 Å². The Balaban J connectivity index is 4.37. The Labute approximate surface area is 441 Å². The largest absolute Gasteiger partial charge is 0.462 e. The van der Waals surface area contributed by atoms with Crippen LogP contribution in [0.25, 0.3) is 0 Å². The third-order valence-electron chi connectivity index (χ3n) is 13.8. The number of esters is 3. The van der Waals surface area contributed by atoms with Crippen molar-refractivity contribution in [3.05, 3.63) is 48.6 Å². The minimum absolute atomic E-state index is 0.0870. The fourth-order valence-corrected chi connectivity index (χ4v) is 9.10. The van der Waals surface area contributed by atoms with Crippen LogP contribution in [0.2, 0.25) is 0 Å². The summed E-state index contributed by atoms with van der Waals surface area (Å²) in [7, 11) is 0. The lowest BCUT2D eigenvalue weighted by atomic mass is 10.0. The van der Waals surface area contributed by atoms with E-state index in [9.17, 15) is 14.4 Å². The molecule has 0 fully saturated rings. The average molecular weight is 996 g/mol. The number of hydrogen-bond acceptors (Lipinski definition) is 6. The van der Waals surface area contributed by atoms with E-state index in [1.54, 1.807) is 0 Å². The molecule has 6 heteroatoms. The molecule has 414 valence electrons. The Hall–Kier alpha value is -2.63. The second kappa shape index (κ2) is 59.9. The molecule has 0 bridgehead atoms. The highest BCUT2D eigenvalue weighted by atomic mass is 16.6. The standard InChI is InChI=1S/C65H118O6/c1-4-7-10-13-16-19-22-25-28-30-31-32-33-35-38-40-43-46-49-52-55-58-64(67)70-61-62(71-65(68)59-56-53-50-47-44-41-36-27-24-21-18-15-12-9-6-3)60-69-63(66)57-54-51-48-45-42-39-37-34-29-26-23-20-17-14-11-8-5-2/h21,24,26,29,37,39,45,48,62H,4-20,22-23,25,27-28,30-36,38,40-44,46-47,49-61H2,1-3H3/b24-21-,29-26-,39-37-,48-45-/t62-/m1/s1. The summed E-state index contributed by atoms with van der Waals surface area (Å²) in [6, 6.07) is 0. The highest BCUT2D eigenvalue weighted by Crippen LogP contribution is 2.17. The molecule has 0 aliphatic rings. The Kier molecular flexibility index (Phi) is 57.7. The maximum atomic E-state index is 12.9. The quantitative estimate of drug-likeness (QED) is 0.0261. The van der Waals surface area contributed by atoms with E-state index in [1.807, 2.05) is 0 Å². The summed E-state index contributed by atoms with van der Waals surface area (Å²) in [4.78, 5) is 38.2. The smallest absolute Gasteiger partial charge is 0.306 e. The summed E-state index contributed by atoms with van der Waals surface area (Å²) in [5.74, 6) is -0.928. The van der Waals surface area contributed by atoms with E-state index < -0.39 is 6.10 Å². The van der Waals surface area contributed by atoms with Gasteiger partial charge in [-0.15, -0.1) is 0 Å². The van der Waals surface area contributed by atoms with Gasteiger partial charge in [-0.05, 0) is 77.0 Å². The topological polar surface area (TPSA) is 78.9 Å². The molecule has 0 N–H and O–H groups in total. The predicted octanol–water partition coefficient (Wildman–Crippen LogP) is 21.0. The molecule has 0 aromatic heterocycles. The summed E-state index contributed by atoms with van der Waals surface area (Å²) in [6.07, 6.45) is 74.0. The SMILES string of the molecule is CCCCCC/C=C\CCCCCCCCCC(=O)O[C@H](COC(=O)CCC/C=C\C/C=C\C/C=C\CCCCCCCC)COC(=O)CCCCCCCCCCCCCCCCCCCCCCC. The monoisotopic (exact) mass is 995 g/mol. The molecule has 0 radical (unpaired) electrons. The number of unbranched alkanes of at least 4 members (excludes halogenated alkanes) is 38. The van der Waals surface area contributed by atoms with Gasteiger partial charge in [-0.1, -0.05) is 281 Å². The molecule has 0 heterocycles. The highest BCUT2D eigenvalue weighted by molar-refractivity contribution is 5.71. The van der Waals surface area contributed by atoms with Crippen molar-refractivity contribution < 1.29 is 28.6 Å². The van der Waals surface area contributed by atoms with E-state index >= 15 is 0 Å². The van der Waals surface area contributed by atoms with Crippen molar-refractivity contribution in [2.75, 3.05) is 13.2 Å². The molecule has 71 heavy (non-hydrogen) atoms. The third-order valence-corrected chi connectivity index (χ3v) is 13.8. The van der Waals surface area contributed by atoms with E-state index in [0.717, 1.165) is 57.8 Å². The van der Waals surface area contributed by atoms with Crippen LogP contribution >= 0.6 is 0 Å². The van der Waals surface area contributed by atoms with Gasteiger partial charge in [0.2, 0.25) is 0 Å². The van der Waals surface area contributed by atoms with Crippen LogP contribution in [0.15, 0.2) is 48.6 Å². The van der Waals surface area contributed by atoms with Gasteiger partial charge < -0.3 is 14.2 Å². The van der Waals surface area contributed by atoms with Gasteiger partial charge in [-0.2, -0.15) is 0 Å². The van der Waals surface area contributed by atoms with Gasteiger partial charge in [0.15, 0.2) is 6.10 Å². The molecule has 0 saturated heterocycles. The fourth-order valence-electron chi connectivity index (χ4n) is 9.10. The van der Waals surface area contributed by atoms with E-state index in [0.29, 0.717) is 25.7 Å². The molecule has 0 aliphatic carbocycles. The lowest BCUT2D eigenvalue weighted by Gasteiger charge is -2.18. The lowest BCUT2D eigenvalue weighted by molar-refractivity contribution is -0.167. The van der Waals surface area contributed by atoms with Gasteiger partial charge in [0.25, 0.3) is 0 Å². The van der Waals surface area contributed by atoms with Crippen LogP contribution in [0.5, 0.6) is 0 Å². The van der Waals surface area contributed by atoms with E-state index in [1.165, 1.54) is 225 Å². The maximum absolute atomic E-state index is 12.9. The van der Waals surface area contributed by atoms with Gasteiger partial charge in [-0.3, -0.25) is 14.4 Å². The van der Waals surface area contributed by atoms with Crippen molar-refractivity contribution in [2.24, 2.45) is 0 Å². The van der Waals surface area contributed by atoms with Crippen molar-refractivity contribution in [1.29, 1.82) is 0 Å². The maximum Gasteiger partial charge on any atom is 0.306 e. The van der Waals surface area contributed by atoms with Gasteiger partial charge >= 0.3 is 17.9 Å². The summed E-state index contributed by atoms with van der Waals surface area (Å²) in [5.41, 5.74) is 0. The van der Waals surface area contributed by atoms with Crippen molar-refractivity contribution in [1.82, 2.24) is 0 Å². The third kappa shape index (κ3) is 58.1. The molecule has 1 atom stereocenters. The molecular formula is C65H118O6. The molecule has 0 spiro atoms. The zero-order valence-electron chi connectivity index (χ0n) is 47.5. The Morgan fingerprint density at radius 1 is 0.282 bits per heavy atom. The minimum Gasteiger partial charge on any atom is -0.462 e. The molecule has 0 unspecified atom stereocenters. The first kappa shape index (κ1) is 68.4. The molecule has 0 aromatic rings. The number of allylic oxidation sites excluding steroid dienone is 8. The normalized spacial score (nSPS) is 12.3. The summed E-state index contributed by atoms with van der Waals surface area (Å²) < 4.78 is 16.9. The first-order valence-corrected chi connectivity index (χ1v) is 31.1. The van der Waals surface area contributed by atoms with Crippen LogP contribution in [0, 0.1) is 0 Å². The van der Waals surface area contributed by atoms with Crippen LogP contribution in [-0.4, -0.2) is 37.2 Å². The zero-order chi connectivity index (χ0) is 51.4. The van der Waals surface area contributed by atoms with E-state index in [2.05, 4.69) is 69.4 Å². The molecule has 0 saturated carbocycles. The highest BCUT2D eigenvalue weighted by Gasteiger charge is 2.19. The Bertz CT molecular complexity index is 1230. The predicted molar refractivity (Wildman–Crippen MR) is 307 cm³/mol. The van der Waals surface area contributed by atoms with Crippen molar-refractivity contribution >= 4 is 17.9 Å². The number of rotatable bonds is 57. The number of ether oxygens (including phenoxy) is 3. The zero-order valence-corrected chi connectivity index (χ0v) is 47.5. The second-order valence-electron chi connectivity index (χ2n) is 21.0. The van der Waals surface area contributed by atoms with Gasteiger partial charge in [0.1, 0.15) is 13.2 Å². The lowest BCUT2D eigenvalue weighted by Crippen LogP contribution is -2.30. The fraction of sp³-hybridized carbons (Fsp3) is 0.831. The number of carbonyl (C=O) groups is 3. The summed E-state index contributed by atoms with van der Waals surface area (Å²) >= 11 is 0. The van der Waals surface area contributed by atoms with E-state index in [-0.39, 0.29) is 31.1 Å². The van der Waals surface area contributed by atoms with Crippen molar-refractivity contribution in [2.45, 2.75) is 335 Å². The van der Waals surface area contributed by atoms with Crippen molar-refractivity contribution in [3.63, 3.8) is 0 Å². The van der Waals surface area contributed by atoms with Gasteiger partial charge in [0, 0.05) is 19.3 Å². The van der Waals surface area contributed by atoms with Crippen LogP contribution in [0.3, 0.4) is 0 Å². The molecule has 0 aliphatic heterocycles. The molecule has 6 nitrogen and oxygen atoms in total. The Morgan fingerprint density at radius 3 is 0.873 bits per heavy atom. The Morgan fingerprint density at radius 2 is 0.521 bits per heavy atom.